The molecule has 0 aliphatic carbocycles. The average molecular weight is 248 g/mol. The summed E-state index contributed by atoms with van der Waals surface area (Å²) in [4.78, 5) is 1.38. The monoisotopic (exact) mass is 248 g/mol. The summed E-state index contributed by atoms with van der Waals surface area (Å²) in [5.74, 6) is 0.140. The maximum Gasteiger partial charge on any atom is 0.178 e. The van der Waals surface area contributed by atoms with E-state index in [0.717, 1.165) is 10.5 Å². The van der Waals surface area contributed by atoms with Gasteiger partial charge in [-0.2, -0.15) is 0 Å². The first-order chi connectivity index (χ1) is 6.51. The molecular formula is C9H12O2S3. The molecule has 1 aromatic rings. The first kappa shape index (κ1) is 11.9. The van der Waals surface area contributed by atoms with E-state index in [1.54, 1.807) is 26.0 Å². The smallest absolute Gasteiger partial charge is 0.178 e. The topological polar surface area (TPSA) is 34.1 Å². The number of hydrogen-bond acceptors (Lipinski definition) is 4. The second kappa shape index (κ2) is 4.59. The third kappa shape index (κ3) is 2.46. The van der Waals surface area contributed by atoms with Crippen LogP contribution in [-0.4, -0.2) is 14.2 Å². The van der Waals surface area contributed by atoms with E-state index in [1.807, 2.05) is 6.07 Å². The summed E-state index contributed by atoms with van der Waals surface area (Å²) in [5, 5.41) is 0. The van der Waals surface area contributed by atoms with Gasteiger partial charge in [0.15, 0.2) is 9.84 Å². The van der Waals surface area contributed by atoms with E-state index in [2.05, 4.69) is 11.7 Å². The van der Waals surface area contributed by atoms with Gasteiger partial charge in [-0.05, 0) is 30.7 Å². The van der Waals surface area contributed by atoms with Gasteiger partial charge in [-0.3, -0.25) is 0 Å². The minimum Gasteiger partial charge on any atom is -0.224 e. The van der Waals surface area contributed by atoms with Crippen LogP contribution in [0.3, 0.4) is 0 Å². The van der Waals surface area contributed by atoms with Crippen molar-refractivity contribution in [3.63, 3.8) is 0 Å². The molecule has 2 nitrogen and oxygen atoms in total. The molecule has 78 valence electrons. The van der Waals surface area contributed by atoms with Crippen LogP contribution in [0.25, 0.3) is 0 Å². The number of thiol groups is 1. The molecule has 0 bridgehead atoms. The molecule has 0 heterocycles. The molecule has 0 unspecified atom stereocenters. The van der Waals surface area contributed by atoms with Gasteiger partial charge >= 0.3 is 0 Å². The molecule has 14 heavy (non-hydrogen) atoms. The van der Waals surface area contributed by atoms with Gasteiger partial charge in [0.1, 0.15) is 0 Å². The molecule has 0 atom stereocenters. The van der Waals surface area contributed by atoms with Gasteiger partial charge in [-0.25, -0.2) is 8.42 Å². The van der Waals surface area contributed by atoms with Crippen molar-refractivity contribution in [2.24, 2.45) is 0 Å². The van der Waals surface area contributed by atoms with Crippen LogP contribution in [0.5, 0.6) is 0 Å². The zero-order valence-electron chi connectivity index (χ0n) is 8.02. The lowest BCUT2D eigenvalue weighted by molar-refractivity contribution is 0.596. The van der Waals surface area contributed by atoms with Crippen LogP contribution < -0.4 is 0 Å². The molecule has 0 radical (unpaired) electrons. The minimum atomic E-state index is -3.09. The molecular weight excluding hydrogens is 236 g/mol. The van der Waals surface area contributed by atoms with Crippen molar-refractivity contribution < 1.29 is 8.42 Å². The summed E-state index contributed by atoms with van der Waals surface area (Å²) >= 11 is 4.05. The van der Waals surface area contributed by atoms with Gasteiger partial charge in [-0.1, -0.05) is 17.7 Å². The van der Waals surface area contributed by atoms with Crippen LogP contribution >= 0.6 is 22.5 Å². The van der Waals surface area contributed by atoms with E-state index in [4.69, 9.17) is 0 Å². The Kier molecular flexibility index (Phi) is 3.92. The Labute approximate surface area is 93.8 Å². The maximum atomic E-state index is 11.6. The van der Waals surface area contributed by atoms with Gasteiger partial charge in [0, 0.05) is 4.90 Å². The van der Waals surface area contributed by atoms with Crippen molar-refractivity contribution in [1.82, 2.24) is 0 Å². The summed E-state index contributed by atoms with van der Waals surface area (Å²) < 4.78 is 23.2. The lowest BCUT2D eigenvalue weighted by Gasteiger charge is -2.06. The molecule has 0 amide bonds. The zero-order chi connectivity index (χ0) is 10.8. The summed E-state index contributed by atoms with van der Waals surface area (Å²) in [7, 11) is -1.78. The molecule has 0 fully saturated rings. The second-order valence-electron chi connectivity index (χ2n) is 2.92. The van der Waals surface area contributed by atoms with Crippen LogP contribution in [0, 0.1) is 6.92 Å². The Morgan fingerprint density at radius 3 is 2.50 bits per heavy atom. The first-order valence-corrected chi connectivity index (χ1v) is 7.68. The number of hydrogen-bond donors (Lipinski definition) is 1. The third-order valence-electron chi connectivity index (χ3n) is 1.97. The Hall–Kier alpha value is -0.130. The molecule has 0 spiro atoms. The van der Waals surface area contributed by atoms with E-state index < -0.39 is 9.84 Å². The zero-order valence-corrected chi connectivity index (χ0v) is 10.5. The van der Waals surface area contributed by atoms with Crippen LogP contribution in [0.2, 0.25) is 0 Å². The number of aryl methyl sites for hydroxylation is 1. The van der Waals surface area contributed by atoms with Gasteiger partial charge < -0.3 is 0 Å². The predicted octanol–water partition coefficient (Wildman–Crippen LogP) is 2.73. The molecule has 0 aliphatic rings. The van der Waals surface area contributed by atoms with Crippen molar-refractivity contribution >= 4 is 32.3 Å². The highest BCUT2D eigenvalue weighted by molar-refractivity contribution is 8.68. The Bertz CT molecular complexity index is 424. The summed E-state index contributed by atoms with van der Waals surface area (Å²) in [6, 6.07) is 5.25. The highest BCUT2D eigenvalue weighted by Gasteiger charge is 2.14. The van der Waals surface area contributed by atoms with Gasteiger partial charge in [0.05, 0.1) is 10.6 Å². The van der Waals surface area contributed by atoms with Crippen LogP contribution in [-0.2, 0) is 9.84 Å². The summed E-state index contributed by atoms with van der Waals surface area (Å²) in [5.41, 5.74) is 0.783. The van der Waals surface area contributed by atoms with Crippen molar-refractivity contribution in [3.8, 4) is 0 Å². The quantitative estimate of drug-likeness (QED) is 0.659. The molecule has 0 aliphatic heterocycles. The van der Waals surface area contributed by atoms with Crippen molar-refractivity contribution in [3.05, 3.63) is 23.8 Å². The fourth-order valence-corrected chi connectivity index (χ4v) is 3.02. The molecule has 0 saturated carbocycles. The highest BCUT2D eigenvalue weighted by atomic mass is 33.1. The molecule has 0 aromatic heterocycles. The van der Waals surface area contributed by atoms with Gasteiger partial charge in [-0.15, -0.1) is 11.7 Å². The number of sulfone groups is 1. The first-order valence-electron chi connectivity index (χ1n) is 4.16. The predicted molar refractivity (Wildman–Crippen MR) is 63.7 cm³/mol. The van der Waals surface area contributed by atoms with E-state index in [-0.39, 0.29) is 5.75 Å². The normalized spacial score (nSPS) is 11.6. The van der Waals surface area contributed by atoms with Crippen molar-refractivity contribution in [1.29, 1.82) is 0 Å². The third-order valence-corrected chi connectivity index (χ3v) is 4.95. The average Bonchev–Trinajstić information content (AvgIpc) is 2.17. The van der Waals surface area contributed by atoms with E-state index in [9.17, 15) is 8.42 Å². The molecule has 0 saturated heterocycles. The second-order valence-corrected chi connectivity index (χ2v) is 6.37. The SMILES string of the molecule is CCS(=O)(=O)c1ccc(SS)cc1C. The van der Waals surface area contributed by atoms with E-state index in [0.29, 0.717) is 4.90 Å². The lowest BCUT2D eigenvalue weighted by Crippen LogP contribution is -2.05. The standard InChI is InChI=1S/C9H12O2S3/c1-3-14(10,11)9-5-4-8(13-12)6-7(9)2/h4-6,12H,3H2,1-2H3. The van der Waals surface area contributed by atoms with Crippen LogP contribution in [0.15, 0.2) is 28.0 Å². The summed E-state index contributed by atoms with van der Waals surface area (Å²) in [6.45, 7) is 3.45. The number of benzene rings is 1. The maximum absolute atomic E-state index is 11.6. The molecule has 1 aromatic carbocycles. The largest absolute Gasteiger partial charge is 0.224 e. The highest BCUT2D eigenvalue weighted by Crippen LogP contribution is 2.26. The van der Waals surface area contributed by atoms with Crippen LogP contribution in [0.1, 0.15) is 12.5 Å². The molecule has 5 heteroatoms. The minimum absolute atomic E-state index is 0.140. The van der Waals surface area contributed by atoms with E-state index >= 15 is 0 Å². The fourth-order valence-electron chi connectivity index (χ4n) is 1.18. The summed E-state index contributed by atoms with van der Waals surface area (Å²) in [6.07, 6.45) is 0. The molecule has 1 rings (SSSR count). The van der Waals surface area contributed by atoms with E-state index in [1.165, 1.54) is 10.8 Å². The van der Waals surface area contributed by atoms with Crippen molar-refractivity contribution in [2.75, 3.05) is 5.75 Å². The Morgan fingerprint density at radius 2 is 2.07 bits per heavy atom. The molecule has 0 N–H and O–H groups in total. The van der Waals surface area contributed by atoms with Gasteiger partial charge in [0.2, 0.25) is 0 Å². The van der Waals surface area contributed by atoms with Gasteiger partial charge in [0.25, 0.3) is 0 Å². The Morgan fingerprint density at radius 1 is 1.43 bits per heavy atom. The van der Waals surface area contributed by atoms with Crippen molar-refractivity contribution in [2.45, 2.75) is 23.6 Å². The lowest BCUT2D eigenvalue weighted by atomic mass is 10.2. The Balaban J connectivity index is 3.26. The van der Waals surface area contributed by atoms with Crippen LogP contribution in [0.4, 0.5) is 0 Å². The fraction of sp³-hybridized carbons (Fsp3) is 0.333. The number of rotatable bonds is 3.